The summed E-state index contributed by atoms with van der Waals surface area (Å²) >= 11 is 1.09. The molecular weight excluding hydrogens is 410 g/mol. The van der Waals surface area contributed by atoms with E-state index in [1.165, 1.54) is 4.90 Å². The smallest absolute Gasteiger partial charge is 0.285 e. The van der Waals surface area contributed by atoms with Gasteiger partial charge in [-0.3, -0.25) is 9.59 Å². The second-order valence-corrected chi connectivity index (χ2v) is 9.52. The topological polar surface area (TPSA) is 95.6 Å². The van der Waals surface area contributed by atoms with Crippen molar-refractivity contribution < 1.29 is 18.0 Å². The monoisotopic (exact) mass is 435 g/mol. The quantitative estimate of drug-likeness (QED) is 0.650. The zero-order valence-corrected chi connectivity index (χ0v) is 18.5. The maximum absolute atomic E-state index is 12.3. The lowest BCUT2D eigenvalue weighted by Gasteiger charge is -2.10. The van der Waals surface area contributed by atoms with Crippen LogP contribution in [0.5, 0.6) is 0 Å². The normalized spacial score (nSPS) is 11.2. The van der Waals surface area contributed by atoms with Gasteiger partial charge in [-0.05, 0) is 73.1 Å². The Morgan fingerprint density at radius 1 is 1.00 bits per heavy atom. The van der Waals surface area contributed by atoms with Crippen molar-refractivity contribution in [1.29, 1.82) is 0 Å². The minimum Gasteiger partial charge on any atom is -0.339 e. The molecule has 0 bridgehead atoms. The summed E-state index contributed by atoms with van der Waals surface area (Å²) in [5.74, 6) is -0.308. The first-order valence-corrected chi connectivity index (χ1v) is 11.2. The van der Waals surface area contributed by atoms with Gasteiger partial charge in [-0.2, -0.15) is 0 Å². The van der Waals surface area contributed by atoms with Crippen molar-refractivity contribution in [2.45, 2.75) is 30.1 Å². The molecule has 0 saturated carbocycles. The molecule has 0 heterocycles. The molecule has 0 spiro atoms. The number of hydrogen-bond donors (Lipinski definition) is 2. The summed E-state index contributed by atoms with van der Waals surface area (Å²) in [5.41, 5.74) is 2.48. The number of amides is 2. The number of aryl methyl sites for hydroxylation is 2. The van der Waals surface area contributed by atoms with Gasteiger partial charge in [0.15, 0.2) is 0 Å². The summed E-state index contributed by atoms with van der Waals surface area (Å²) in [6.07, 6.45) is -0.000307. The van der Waals surface area contributed by atoms with Gasteiger partial charge in [0.25, 0.3) is 5.24 Å². The summed E-state index contributed by atoms with van der Waals surface area (Å²) in [6.45, 7) is 3.75. The summed E-state index contributed by atoms with van der Waals surface area (Å²) in [5, 5.41) is 2.62. The van der Waals surface area contributed by atoms with Crippen molar-refractivity contribution in [3.63, 3.8) is 0 Å². The Hall–Kier alpha value is -2.36. The van der Waals surface area contributed by atoms with Gasteiger partial charge in [0.05, 0.1) is 4.90 Å². The highest BCUT2D eigenvalue weighted by molar-refractivity contribution is 8.13. The number of rotatable bonds is 7. The molecule has 2 N–H and O–H groups in total. The highest BCUT2D eigenvalue weighted by Gasteiger charge is 2.15. The third-order valence-corrected chi connectivity index (χ3v) is 6.65. The Bertz CT molecular complexity index is 987. The van der Waals surface area contributed by atoms with E-state index in [2.05, 4.69) is 10.0 Å². The average Bonchev–Trinajstić information content (AvgIpc) is 2.65. The van der Waals surface area contributed by atoms with Gasteiger partial charge >= 0.3 is 0 Å². The van der Waals surface area contributed by atoms with Crippen LogP contribution >= 0.6 is 11.8 Å². The van der Waals surface area contributed by atoms with E-state index >= 15 is 0 Å². The number of benzene rings is 2. The molecule has 0 unspecified atom stereocenters. The van der Waals surface area contributed by atoms with E-state index in [1.54, 1.807) is 56.6 Å². The van der Waals surface area contributed by atoms with Crippen LogP contribution in [0.2, 0.25) is 0 Å². The summed E-state index contributed by atoms with van der Waals surface area (Å²) in [6, 6.07) is 11.8. The van der Waals surface area contributed by atoms with Crippen molar-refractivity contribution >= 4 is 38.6 Å². The predicted molar refractivity (Wildman–Crippen MR) is 116 cm³/mol. The van der Waals surface area contributed by atoms with Crippen molar-refractivity contribution in [3.8, 4) is 0 Å². The molecule has 9 heteroatoms. The van der Waals surface area contributed by atoms with Crippen molar-refractivity contribution in [3.05, 3.63) is 53.6 Å². The Balaban J connectivity index is 1.85. The summed E-state index contributed by atoms with van der Waals surface area (Å²) in [7, 11) is -0.304. The van der Waals surface area contributed by atoms with Gasteiger partial charge in [0.2, 0.25) is 15.9 Å². The average molecular weight is 436 g/mol. The highest BCUT2D eigenvalue weighted by Crippen LogP contribution is 2.22. The van der Waals surface area contributed by atoms with Crippen LogP contribution in [0.3, 0.4) is 0 Å². The first-order chi connectivity index (χ1) is 13.6. The van der Waals surface area contributed by atoms with E-state index in [4.69, 9.17) is 0 Å². The Morgan fingerprint density at radius 3 is 2.24 bits per heavy atom. The molecule has 2 aromatic carbocycles. The second kappa shape index (κ2) is 9.91. The van der Waals surface area contributed by atoms with Crippen LogP contribution in [0, 0.1) is 13.8 Å². The lowest BCUT2D eigenvalue weighted by atomic mass is 10.1. The lowest BCUT2D eigenvalue weighted by molar-refractivity contribution is -0.116. The van der Waals surface area contributed by atoms with Crippen molar-refractivity contribution in [2.75, 3.05) is 26.0 Å². The maximum atomic E-state index is 12.3. The van der Waals surface area contributed by atoms with E-state index in [0.29, 0.717) is 5.69 Å². The first kappa shape index (κ1) is 22.9. The molecule has 0 aliphatic heterocycles. The van der Waals surface area contributed by atoms with Crippen LogP contribution in [0.15, 0.2) is 52.3 Å². The molecule has 2 aromatic rings. The zero-order chi connectivity index (χ0) is 21.6. The number of nitrogens with one attached hydrogen (secondary N) is 2. The molecule has 156 valence electrons. The van der Waals surface area contributed by atoms with Crippen LogP contribution in [-0.4, -0.2) is 45.1 Å². The molecule has 2 amide bonds. The van der Waals surface area contributed by atoms with Gasteiger partial charge in [0.1, 0.15) is 0 Å². The summed E-state index contributed by atoms with van der Waals surface area (Å²) in [4.78, 5) is 26.2. The van der Waals surface area contributed by atoms with Crippen LogP contribution in [0.4, 0.5) is 10.5 Å². The fourth-order valence-corrected chi connectivity index (χ4v) is 4.06. The molecule has 2 rings (SSSR count). The molecule has 29 heavy (non-hydrogen) atoms. The van der Waals surface area contributed by atoms with E-state index in [9.17, 15) is 18.0 Å². The molecule has 0 aliphatic rings. The molecule has 0 saturated heterocycles. The Labute approximate surface area is 175 Å². The summed E-state index contributed by atoms with van der Waals surface area (Å²) < 4.78 is 27.1. The van der Waals surface area contributed by atoms with Crippen LogP contribution in [0.25, 0.3) is 0 Å². The van der Waals surface area contributed by atoms with Gasteiger partial charge in [-0.15, -0.1) is 0 Å². The van der Waals surface area contributed by atoms with Crippen LogP contribution in [-0.2, 0) is 14.8 Å². The van der Waals surface area contributed by atoms with E-state index < -0.39 is 10.0 Å². The minimum atomic E-state index is -3.66. The number of carbonyl (C=O) groups excluding carboxylic acids is 2. The third-order valence-electron chi connectivity index (χ3n) is 4.14. The van der Waals surface area contributed by atoms with Gasteiger partial charge in [0, 0.05) is 37.6 Å². The zero-order valence-electron chi connectivity index (χ0n) is 16.9. The Morgan fingerprint density at radius 2 is 1.66 bits per heavy atom. The molecule has 0 atom stereocenters. The Kier molecular flexibility index (Phi) is 7.83. The fourth-order valence-electron chi connectivity index (χ4n) is 2.29. The number of thioether (sulfide) groups is 1. The minimum absolute atomic E-state index is 0.000307. The lowest BCUT2D eigenvalue weighted by Crippen LogP contribution is -2.28. The molecule has 7 nitrogen and oxygen atoms in total. The van der Waals surface area contributed by atoms with Crippen LogP contribution in [0.1, 0.15) is 17.5 Å². The van der Waals surface area contributed by atoms with Crippen molar-refractivity contribution in [2.24, 2.45) is 0 Å². The largest absolute Gasteiger partial charge is 0.339 e. The molecule has 0 aromatic heterocycles. The van der Waals surface area contributed by atoms with Crippen LogP contribution < -0.4 is 10.0 Å². The van der Waals surface area contributed by atoms with E-state index in [1.807, 2.05) is 13.8 Å². The third kappa shape index (κ3) is 6.88. The number of anilines is 1. The van der Waals surface area contributed by atoms with Gasteiger partial charge in [-0.25, -0.2) is 13.1 Å². The fraction of sp³-hybridized carbons (Fsp3) is 0.300. The number of carbonyl (C=O) groups is 2. The number of sulfonamides is 1. The molecular formula is C20H25N3O4S2. The van der Waals surface area contributed by atoms with Gasteiger partial charge in [-0.1, -0.05) is 6.07 Å². The number of hydrogen-bond acceptors (Lipinski definition) is 5. The standard InChI is InChI=1S/C20H25N3O4S2/c1-14-5-10-18(13-15(14)2)29(26,27)21-12-11-19(24)22-16-6-8-17(9-7-16)28-20(25)23(3)4/h5-10,13,21H,11-12H2,1-4H3,(H,22,24). The first-order valence-electron chi connectivity index (χ1n) is 8.94. The van der Waals surface area contributed by atoms with E-state index in [-0.39, 0.29) is 29.0 Å². The SMILES string of the molecule is Cc1ccc(S(=O)(=O)NCCC(=O)Nc2ccc(SC(=O)N(C)C)cc2)cc1C. The van der Waals surface area contributed by atoms with E-state index in [0.717, 1.165) is 27.8 Å². The second-order valence-electron chi connectivity index (χ2n) is 6.73. The molecule has 0 radical (unpaired) electrons. The van der Waals surface area contributed by atoms with Gasteiger partial charge < -0.3 is 10.2 Å². The highest BCUT2D eigenvalue weighted by atomic mass is 32.2. The molecule has 0 aliphatic carbocycles. The molecule has 0 fully saturated rings. The predicted octanol–water partition coefficient (Wildman–Crippen LogP) is 3.38. The van der Waals surface area contributed by atoms with Crippen molar-refractivity contribution in [1.82, 2.24) is 9.62 Å². The number of nitrogens with zero attached hydrogens (tertiary/aromatic N) is 1. The maximum Gasteiger partial charge on any atom is 0.285 e.